The van der Waals surface area contributed by atoms with E-state index in [1.807, 2.05) is 0 Å². The molecule has 0 amide bonds. The zero-order valence-corrected chi connectivity index (χ0v) is 30.9. The highest BCUT2D eigenvalue weighted by molar-refractivity contribution is 7.13. The summed E-state index contributed by atoms with van der Waals surface area (Å²) in [4.78, 5) is 0. The molecule has 0 saturated heterocycles. The van der Waals surface area contributed by atoms with Gasteiger partial charge in [0, 0.05) is 5.54 Å². The van der Waals surface area contributed by atoms with Crippen molar-refractivity contribution in [2.45, 2.75) is 54.0 Å². The molecule has 0 atom stereocenters. The molecule has 0 aliphatic heterocycles. The molecule has 1 aliphatic carbocycles. The molecule has 0 heterocycles. The topological polar surface area (TPSA) is 0 Å². The monoisotopic (exact) mass is 650 g/mol. The van der Waals surface area contributed by atoms with Crippen LogP contribution in [0.25, 0.3) is 33.4 Å². The summed E-state index contributed by atoms with van der Waals surface area (Å²) in [6.45, 7) is 16.3. The van der Waals surface area contributed by atoms with Crippen LogP contribution in [0, 0.1) is 20.8 Å². The van der Waals surface area contributed by atoms with E-state index in [0.29, 0.717) is 0 Å². The summed E-state index contributed by atoms with van der Waals surface area (Å²) in [5.41, 5.74) is 17.8. The Morgan fingerprint density at radius 1 is 0.347 bits per heavy atom. The van der Waals surface area contributed by atoms with Gasteiger partial charge in [-0.15, -0.1) is 0 Å². The van der Waals surface area contributed by atoms with Crippen LogP contribution in [0.15, 0.2) is 168 Å². The number of hydrogen-bond donors (Lipinski definition) is 0. The van der Waals surface area contributed by atoms with Crippen molar-refractivity contribution in [2.75, 3.05) is 0 Å². The van der Waals surface area contributed by atoms with Crippen LogP contribution in [0.1, 0.15) is 44.4 Å². The Morgan fingerprint density at radius 3 is 0.918 bits per heavy atom. The normalized spacial score (nSPS) is 13.8. The highest BCUT2D eigenvalue weighted by atomic mass is 28.3. The minimum absolute atomic E-state index is 0.275. The number of aryl methyl sites for hydroxylation is 3. The molecule has 6 aromatic carbocycles. The molecule has 0 fully saturated rings. The largest absolute Gasteiger partial charge is 0.159 e. The van der Waals surface area contributed by atoms with Gasteiger partial charge in [0.05, 0.1) is 0 Å². The lowest BCUT2D eigenvalue weighted by Gasteiger charge is -2.42. The fourth-order valence-electron chi connectivity index (χ4n) is 8.39. The van der Waals surface area contributed by atoms with Gasteiger partial charge < -0.3 is 0 Å². The van der Waals surface area contributed by atoms with Gasteiger partial charge in [0.15, 0.2) is 8.07 Å². The van der Waals surface area contributed by atoms with Crippen molar-refractivity contribution in [1.29, 1.82) is 0 Å². The molecule has 0 nitrogen and oxygen atoms in total. The molecule has 0 bridgehead atoms. The minimum Gasteiger partial charge on any atom is -0.0647 e. The maximum Gasteiger partial charge on any atom is 0.159 e. The van der Waals surface area contributed by atoms with Crippen molar-refractivity contribution in [3.63, 3.8) is 0 Å². The van der Waals surface area contributed by atoms with Crippen LogP contribution in [0.2, 0.25) is 5.54 Å². The zero-order chi connectivity index (χ0) is 34.3. The van der Waals surface area contributed by atoms with Gasteiger partial charge in [-0.1, -0.05) is 157 Å². The first-order chi connectivity index (χ1) is 23.7. The minimum atomic E-state index is -2.88. The van der Waals surface area contributed by atoms with Crippen LogP contribution < -0.4 is 15.6 Å². The summed E-state index contributed by atoms with van der Waals surface area (Å²) in [6.07, 6.45) is 0. The van der Waals surface area contributed by atoms with E-state index in [0.717, 1.165) is 0 Å². The van der Waals surface area contributed by atoms with E-state index >= 15 is 0 Å². The molecule has 7 rings (SSSR count). The van der Waals surface area contributed by atoms with Crippen molar-refractivity contribution in [3.8, 4) is 33.4 Å². The number of rotatable bonds is 7. The Bertz CT molecular complexity index is 1980. The highest BCUT2D eigenvalue weighted by Crippen LogP contribution is 2.47. The average Bonchev–Trinajstić information content (AvgIpc) is 3.33. The van der Waals surface area contributed by atoms with Gasteiger partial charge >= 0.3 is 0 Å². The Labute approximate surface area is 294 Å². The lowest BCUT2D eigenvalue weighted by molar-refractivity contribution is 1.09. The molecular formula is C48H46Si. The summed E-state index contributed by atoms with van der Waals surface area (Å²) in [6, 6.07) is 55.1. The van der Waals surface area contributed by atoms with Crippen molar-refractivity contribution in [3.05, 3.63) is 185 Å². The van der Waals surface area contributed by atoms with Gasteiger partial charge in [0.25, 0.3) is 0 Å². The molecule has 0 radical (unpaired) electrons. The zero-order valence-electron chi connectivity index (χ0n) is 29.9. The van der Waals surface area contributed by atoms with E-state index in [2.05, 4.69) is 194 Å². The van der Waals surface area contributed by atoms with E-state index in [9.17, 15) is 0 Å². The summed E-state index contributed by atoms with van der Waals surface area (Å²) >= 11 is 0. The highest BCUT2D eigenvalue weighted by Gasteiger charge is 2.50. The van der Waals surface area contributed by atoms with Gasteiger partial charge in [0.2, 0.25) is 0 Å². The summed E-state index contributed by atoms with van der Waals surface area (Å²) in [5, 5.41) is 4.36. The molecule has 49 heavy (non-hydrogen) atoms. The second-order valence-corrected chi connectivity index (χ2v) is 18.0. The standard InChI is InChI=1S/C48H46Si/c1-32-23-26-42(29-45(32)39-17-11-8-12-18-39)49(48-37(6)35(4)36(5)38(48)7,43-27-24-33(2)46(30-43)40-19-13-9-14-20-40)44-28-25-34(3)47(31-44)41-21-15-10-16-22-41/h8-31,48H,1-7H3. The van der Waals surface area contributed by atoms with E-state index in [4.69, 9.17) is 0 Å². The summed E-state index contributed by atoms with van der Waals surface area (Å²) < 4.78 is 0. The quantitative estimate of drug-likeness (QED) is 0.119. The van der Waals surface area contributed by atoms with Gasteiger partial charge in [-0.05, 0) is 125 Å². The smallest absolute Gasteiger partial charge is 0.0647 e. The number of allylic oxidation sites excluding steroid dienone is 4. The fraction of sp³-hybridized carbons (Fsp3) is 0.167. The molecule has 0 saturated carbocycles. The fourth-order valence-corrected chi connectivity index (χ4v) is 14.3. The molecule has 0 unspecified atom stereocenters. The van der Waals surface area contributed by atoms with Crippen LogP contribution in [0.3, 0.4) is 0 Å². The third kappa shape index (κ3) is 5.57. The molecular weight excluding hydrogens is 605 g/mol. The number of hydrogen-bond acceptors (Lipinski definition) is 0. The predicted molar refractivity (Wildman–Crippen MR) is 215 cm³/mol. The van der Waals surface area contributed by atoms with Gasteiger partial charge in [0.1, 0.15) is 0 Å². The van der Waals surface area contributed by atoms with Crippen LogP contribution in [-0.4, -0.2) is 8.07 Å². The Hall–Kier alpha value is -4.98. The maximum absolute atomic E-state index is 2.88. The molecule has 0 aromatic heterocycles. The molecule has 1 aliphatic rings. The summed E-state index contributed by atoms with van der Waals surface area (Å²) in [5.74, 6) is 0. The van der Waals surface area contributed by atoms with Crippen LogP contribution in [0.4, 0.5) is 0 Å². The third-order valence-corrected chi connectivity index (χ3v) is 16.8. The van der Waals surface area contributed by atoms with Crippen molar-refractivity contribution >= 4 is 23.6 Å². The van der Waals surface area contributed by atoms with Crippen LogP contribution in [-0.2, 0) is 0 Å². The molecule has 0 N–H and O–H groups in total. The van der Waals surface area contributed by atoms with E-state index in [1.165, 1.54) is 87.9 Å². The number of benzene rings is 6. The van der Waals surface area contributed by atoms with Crippen LogP contribution in [0.5, 0.6) is 0 Å². The SMILES string of the molecule is CC1=C(C)C([Si](c2ccc(C)c(-c3ccccc3)c2)(c2ccc(C)c(-c3ccccc3)c2)c2ccc(C)c(-c3ccccc3)c2)C(C)=C1C. The van der Waals surface area contributed by atoms with Gasteiger partial charge in [-0.2, -0.15) is 0 Å². The van der Waals surface area contributed by atoms with E-state index in [1.54, 1.807) is 0 Å². The Kier molecular flexibility index (Phi) is 8.73. The van der Waals surface area contributed by atoms with Crippen molar-refractivity contribution in [2.24, 2.45) is 0 Å². The van der Waals surface area contributed by atoms with E-state index in [-0.39, 0.29) is 5.54 Å². The van der Waals surface area contributed by atoms with Gasteiger partial charge in [-0.25, -0.2) is 0 Å². The average molecular weight is 651 g/mol. The van der Waals surface area contributed by atoms with Crippen LogP contribution >= 0.6 is 0 Å². The molecule has 1 heteroatoms. The van der Waals surface area contributed by atoms with Crippen molar-refractivity contribution < 1.29 is 0 Å². The molecule has 0 spiro atoms. The Morgan fingerprint density at radius 2 is 0.633 bits per heavy atom. The lowest BCUT2D eigenvalue weighted by Crippen LogP contribution is -2.70. The molecule has 6 aromatic rings. The Balaban J connectivity index is 1.65. The van der Waals surface area contributed by atoms with Gasteiger partial charge in [-0.3, -0.25) is 0 Å². The predicted octanol–water partition coefficient (Wildman–Crippen LogP) is 11.1. The second-order valence-electron chi connectivity index (χ2n) is 14.0. The molecule has 242 valence electrons. The second kappa shape index (κ2) is 13.1. The first-order valence-electron chi connectivity index (χ1n) is 17.6. The first kappa shape index (κ1) is 32.6. The maximum atomic E-state index is 2.56. The third-order valence-electron chi connectivity index (χ3n) is 11.4. The summed E-state index contributed by atoms with van der Waals surface area (Å²) in [7, 11) is -2.88. The van der Waals surface area contributed by atoms with Crippen molar-refractivity contribution in [1.82, 2.24) is 0 Å². The lowest BCUT2D eigenvalue weighted by atomic mass is 10.0. The van der Waals surface area contributed by atoms with E-state index < -0.39 is 8.07 Å². The first-order valence-corrected chi connectivity index (χ1v) is 19.6.